The molecular weight excluding hydrogens is 466 g/mol. The molecule has 0 amide bonds. The molecule has 7 heteroatoms. The van der Waals surface area contributed by atoms with E-state index in [1.54, 1.807) is 13.2 Å². The van der Waals surface area contributed by atoms with E-state index in [0.29, 0.717) is 12.2 Å². The average molecular weight is 500 g/mol. The molecule has 3 rings (SSSR count). The number of methoxy groups -OCH3 is 2. The van der Waals surface area contributed by atoms with Gasteiger partial charge in [0.25, 0.3) is 0 Å². The fourth-order valence-corrected chi connectivity index (χ4v) is 4.50. The van der Waals surface area contributed by atoms with Crippen LogP contribution >= 0.6 is 11.6 Å². The van der Waals surface area contributed by atoms with E-state index in [1.165, 1.54) is 13.2 Å². The lowest BCUT2D eigenvalue weighted by Crippen LogP contribution is -2.27. The van der Waals surface area contributed by atoms with Crippen LogP contribution in [0.4, 0.5) is 0 Å². The quantitative estimate of drug-likeness (QED) is 0.237. The minimum absolute atomic E-state index is 0.181. The molecule has 0 radical (unpaired) electrons. The fourth-order valence-electron chi connectivity index (χ4n) is 4.06. The maximum absolute atomic E-state index is 10.3. The van der Waals surface area contributed by atoms with Crippen molar-refractivity contribution in [1.29, 1.82) is 0 Å². The van der Waals surface area contributed by atoms with Gasteiger partial charge in [0.2, 0.25) is 5.75 Å². The van der Waals surface area contributed by atoms with Gasteiger partial charge in [0.15, 0.2) is 11.5 Å². The van der Waals surface area contributed by atoms with E-state index in [0.717, 1.165) is 42.3 Å². The summed E-state index contributed by atoms with van der Waals surface area (Å²) in [6.45, 7) is 7.74. The van der Waals surface area contributed by atoms with Crippen LogP contribution in [0.3, 0.4) is 0 Å². The molecule has 0 bridgehead atoms. The van der Waals surface area contributed by atoms with Crippen LogP contribution in [0.25, 0.3) is 0 Å². The van der Waals surface area contributed by atoms with Gasteiger partial charge in [-0.3, -0.25) is 0 Å². The van der Waals surface area contributed by atoms with Gasteiger partial charge in [-0.25, -0.2) is 0 Å². The number of rotatable bonds is 12. The molecule has 3 aromatic rings. The largest absolute Gasteiger partial charge is 0.504 e. The Balaban J connectivity index is 1.93. The predicted molar refractivity (Wildman–Crippen MR) is 139 cm³/mol. The molecule has 188 valence electrons. The lowest BCUT2D eigenvalue weighted by atomic mass is 9.85. The number of hydrogen-bond donors (Lipinski definition) is 2. The summed E-state index contributed by atoms with van der Waals surface area (Å²) in [4.78, 5) is 2.31. The molecule has 2 N–H and O–H groups in total. The summed E-state index contributed by atoms with van der Waals surface area (Å²) in [5.74, 6) is 0.794. The van der Waals surface area contributed by atoms with Gasteiger partial charge in [-0.1, -0.05) is 38.1 Å². The molecule has 2 atom stereocenters. The summed E-state index contributed by atoms with van der Waals surface area (Å²) in [7, 11) is 3.06. The summed E-state index contributed by atoms with van der Waals surface area (Å²) in [6, 6.07) is 18.6. The summed E-state index contributed by atoms with van der Waals surface area (Å²) in [5, 5.41) is 20.0. The first-order chi connectivity index (χ1) is 16.9. The van der Waals surface area contributed by atoms with E-state index in [-0.39, 0.29) is 23.2 Å². The monoisotopic (exact) mass is 499 g/mol. The molecule has 0 spiro atoms. The van der Waals surface area contributed by atoms with E-state index in [9.17, 15) is 10.2 Å². The molecule has 0 heterocycles. The molecule has 3 aromatic carbocycles. The molecule has 0 fully saturated rings. The third-order valence-corrected chi connectivity index (χ3v) is 6.70. The number of hydrogen-bond acceptors (Lipinski definition) is 6. The molecule has 0 saturated heterocycles. The van der Waals surface area contributed by atoms with Gasteiger partial charge in [0.1, 0.15) is 18.1 Å². The summed E-state index contributed by atoms with van der Waals surface area (Å²) in [5.41, 5.74) is 2.54. The highest BCUT2D eigenvalue weighted by atomic mass is 35.5. The lowest BCUT2D eigenvalue weighted by Gasteiger charge is -2.25. The maximum atomic E-state index is 10.3. The Kier molecular flexibility index (Phi) is 9.52. The second kappa shape index (κ2) is 12.6. The predicted octanol–water partition coefficient (Wildman–Crippen LogP) is 5.95. The van der Waals surface area contributed by atoms with E-state index in [1.807, 2.05) is 48.5 Å². The zero-order valence-corrected chi connectivity index (χ0v) is 21.5. The first kappa shape index (κ1) is 26.5. The van der Waals surface area contributed by atoms with Crippen molar-refractivity contribution in [1.82, 2.24) is 4.90 Å². The first-order valence-electron chi connectivity index (χ1n) is 11.7. The van der Waals surface area contributed by atoms with E-state index in [2.05, 4.69) is 18.7 Å². The van der Waals surface area contributed by atoms with Crippen molar-refractivity contribution in [3.8, 4) is 28.7 Å². The van der Waals surface area contributed by atoms with Crippen LogP contribution < -0.4 is 14.2 Å². The van der Waals surface area contributed by atoms with Gasteiger partial charge in [0, 0.05) is 12.5 Å². The summed E-state index contributed by atoms with van der Waals surface area (Å²) >= 11 is 7.05. The Bertz CT molecular complexity index is 1070. The number of benzene rings is 3. The summed E-state index contributed by atoms with van der Waals surface area (Å²) < 4.78 is 16.5. The van der Waals surface area contributed by atoms with Crippen LogP contribution in [-0.4, -0.2) is 55.6 Å². The van der Waals surface area contributed by atoms with E-state index in [4.69, 9.17) is 25.8 Å². The number of halogens is 1. The first-order valence-corrected chi connectivity index (χ1v) is 12.2. The number of nitrogens with zero attached hydrogens (tertiary/aromatic N) is 1. The normalized spacial score (nSPS) is 12.9. The van der Waals surface area contributed by atoms with Crippen LogP contribution in [-0.2, 0) is 0 Å². The Morgan fingerprint density at radius 2 is 1.40 bits per heavy atom. The molecule has 0 aliphatic heterocycles. The molecule has 35 heavy (non-hydrogen) atoms. The standard InChI is InChI=1S/C28H34ClNO5/c1-5-30(6-2)15-16-35-23-13-7-19(8-14-23)26(21-17-24(31)28(32)25(18-21)34-4)27(29)20-9-11-22(33-3)12-10-20/h7-14,17-18,26-27,31-32H,5-6,15-16H2,1-4H3. The molecular formula is C28H34ClNO5. The van der Waals surface area contributed by atoms with E-state index >= 15 is 0 Å². The van der Waals surface area contributed by atoms with Crippen LogP contribution in [0, 0.1) is 0 Å². The van der Waals surface area contributed by atoms with Crippen molar-refractivity contribution in [2.45, 2.75) is 25.1 Å². The van der Waals surface area contributed by atoms with Gasteiger partial charge in [-0.15, -0.1) is 11.6 Å². The van der Waals surface area contributed by atoms with Gasteiger partial charge >= 0.3 is 0 Å². The highest BCUT2D eigenvalue weighted by molar-refractivity contribution is 6.21. The molecule has 0 aromatic heterocycles. The van der Waals surface area contributed by atoms with Crippen molar-refractivity contribution >= 4 is 11.6 Å². The van der Waals surface area contributed by atoms with Crippen molar-refractivity contribution < 1.29 is 24.4 Å². The van der Waals surface area contributed by atoms with Crippen LogP contribution in [0.5, 0.6) is 28.7 Å². The molecule has 0 saturated carbocycles. The van der Waals surface area contributed by atoms with Gasteiger partial charge in [0.05, 0.1) is 19.6 Å². The SMILES string of the molecule is CCN(CC)CCOc1ccc(C(c2cc(O)c(O)c(OC)c2)C(Cl)c2ccc(OC)cc2)cc1. The molecule has 2 unspecified atom stereocenters. The van der Waals surface area contributed by atoms with Gasteiger partial charge in [-0.05, 0) is 66.2 Å². The lowest BCUT2D eigenvalue weighted by molar-refractivity contribution is 0.223. The third kappa shape index (κ3) is 6.53. The third-order valence-electron chi connectivity index (χ3n) is 6.19. The second-order valence-electron chi connectivity index (χ2n) is 8.19. The number of phenolic OH excluding ortho intramolecular Hbond substituents is 2. The van der Waals surface area contributed by atoms with Crippen LogP contribution in [0.2, 0.25) is 0 Å². The molecule has 0 aliphatic rings. The Labute approximate surface area is 212 Å². The van der Waals surface area contributed by atoms with Crippen molar-refractivity contribution in [2.24, 2.45) is 0 Å². The molecule has 0 aliphatic carbocycles. The fraction of sp³-hybridized carbons (Fsp3) is 0.357. The summed E-state index contributed by atoms with van der Waals surface area (Å²) in [6.07, 6.45) is 0. The van der Waals surface area contributed by atoms with Gasteiger partial charge < -0.3 is 29.3 Å². The Morgan fingerprint density at radius 3 is 1.97 bits per heavy atom. The number of alkyl halides is 1. The number of phenols is 2. The van der Waals surface area contributed by atoms with Crippen molar-refractivity contribution in [2.75, 3.05) is 40.5 Å². The Morgan fingerprint density at radius 1 is 0.800 bits per heavy atom. The highest BCUT2D eigenvalue weighted by Gasteiger charge is 2.27. The minimum Gasteiger partial charge on any atom is -0.504 e. The Hall–Kier alpha value is -3.09. The zero-order valence-electron chi connectivity index (χ0n) is 20.7. The van der Waals surface area contributed by atoms with E-state index < -0.39 is 5.38 Å². The average Bonchev–Trinajstić information content (AvgIpc) is 2.89. The van der Waals surface area contributed by atoms with Crippen molar-refractivity contribution in [3.05, 3.63) is 77.4 Å². The van der Waals surface area contributed by atoms with Gasteiger partial charge in [-0.2, -0.15) is 0 Å². The highest BCUT2D eigenvalue weighted by Crippen LogP contribution is 2.46. The minimum atomic E-state index is -0.469. The number of ether oxygens (including phenoxy) is 3. The van der Waals surface area contributed by atoms with Crippen LogP contribution in [0.15, 0.2) is 60.7 Å². The second-order valence-corrected chi connectivity index (χ2v) is 8.66. The molecule has 6 nitrogen and oxygen atoms in total. The number of aromatic hydroxyl groups is 2. The maximum Gasteiger partial charge on any atom is 0.200 e. The van der Waals surface area contributed by atoms with Crippen molar-refractivity contribution in [3.63, 3.8) is 0 Å². The number of likely N-dealkylation sites (N-methyl/N-ethyl adjacent to an activating group) is 1. The topological polar surface area (TPSA) is 71.4 Å². The zero-order chi connectivity index (χ0) is 25.4. The smallest absolute Gasteiger partial charge is 0.200 e. The van der Waals surface area contributed by atoms with Crippen LogP contribution in [0.1, 0.15) is 41.8 Å².